The van der Waals surface area contributed by atoms with Gasteiger partial charge in [-0.3, -0.25) is 4.98 Å². The summed E-state index contributed by atoms with van der Waals surface area (Å²) in [5, 5.41) is 12.9. The molecule has 0 saturated carbocycles. The molecule has 3 nitrogen and oxygen atoms in total. The normalized spacial score (nSPS) is 30.9. The quantitative estimate of drug-likeness (QED) is 0.897. The molecule has 2 saturated heterocycles. The summed E-state index contributed by atoms with van der Waals surface area (Å²) in [5.74, 6) is 0.240. The first-order chi connectivity index (χ1) is 9.33. The highest BCUT2D eigenvalue weighted by Crippen LogP contribution is 2.45. The van der Waals surface area contributed by atoms with Crippen molar-refractivity contribution in [1.29, 1.82) is 0 Å². The third-order valence-corrected chi connectivity index (χ3v) is 4.59. The Balaban J connectivity index is 1.74. The molecule has 3 heterocycles. The Labute approximate surface area is 112 Å². The second-order valence-corrected chi connectivity index (χ2v) is 5.66. The van der Waals surface area contributed by atoms with E-state index in [4.69, 9.17) is 4.74 Å². The van der Waals surface area contributed by atoms with Crippen LogP contribution in [-0.2, 0) is 4.74 Å². The van der Waals surface area contributed by atoms with Crippen LogP contribution < -0.4 is 0 Å². The van der Waals surface area contributed by atoms with Crippen LogP contribution in [0.3, 0.4) is 0 Å². The molecule has 4 unspecified atom stereocenters. The van der Waals surface area contributed by atoms with E-state index in [1.807, 2.05) is 24.4 Å². The van der Waals surface area contributed by atoms with Gasteiger partial charge in [0.25, 0.3) is 0 Å². The molecule has 2 aliphatic rings. The molecule has 0 spiro atoms. The number of hydrogen-bond acceptors (Lipinski definition) is 3. The Hall–Kier alpha value is -1.45. The van der Waals surface area contributed by atoms with Crippen molar-refractivity contribution in [3.8, 4) is 0 Å². The molecule has 4 atom stereocenters. The number of rotatable bonds is 2. The highest BCUT2D eigenvalue weighted by atomic mass is 16.5. The molecule has 0 aliphatic carbocycles. The van der Waals surface area contributed by atoms with E-state index in [0.717, 1.165) is 35.6 Å². The largest absolute Gasteiger partial charge is 0.388 e. The number of aliphatic hydroxyl groups is 1. The Bertz CT molecular complexity index is 607. The molecule has 2 aliphatic heterocycles. The molecule has 98 valence electrons. The first kappa shape index (κ1) is 11.4. The summed E-state index contributed by atoms with van der Waals surface area (Å²) in [6.07, 6.45) is 7.05. The van der Waals surface area contributed by atoms with Crippen molar-refractivity contribution >= 4 is 10.8 Å². The summed E-state index contributed by atoms with van der Waals surface area (Å²) in [6.45, 7) is 0. The maximum absolute atomic E-state index is 10.7. The minimum Gasteiger partial charge on any atom is -0.388 e. The van der Waals surface area contributed by atoms with Gasteiger partial charge in [-0.15, -0.1) is 0 Å². The zero-order chi connectivity index (χ0) is 12.8. The van der Waals surface area contributed by atoms with E-state index in [1.54, 1.807) is 6.20 Å². The maximum atomic E-state index is 10.7. The molecule has 1 aromatic carbocycles. The minimum atomic E-state index is -0.441. The molecular weight excluding hydrogens is 238 g/mol. The van der Waals surface area contributed by atoms with Gasteiger partial charge in [0.15, 0.2) is 0 Å². The lowest BCUT2D eigenvalue weighted by atomic mass is 9.82. The van der Waals surface area contributed by atoms with E-state index in [-0.39, 0.29) is 12.0 Å². The summed E-state index contributed by atoms with van der Waals surface area (Å²) >= 11 is 0. The number of hydrogen-bond donors (Lipinski definition) is 1. The lowest BCUT2D eigenvalue weighted by Gasteiger charge is -2.25. The smallest absolute Gasteiger partial charge is 0.0850 e. The third-order valence-electron chi connectivity index (χ3n) is 4.59. The Morgan fingerprint density at radius 1 is 1.26 bits per heavy atom. The lowest BCUT2D eigenvalue weighted by Crippen LogP contribution is -2.23. The Kier molecular flexibility index (Phi) is 2.57. The topological polar surface area (TPSA) is 42.4 Å². The summed E-state index contributed by atoms with van der Waals surface area (Å²) in [5.41, 5.74) is 0.992. The third kappa shape index (κ3) is 1.77. The van der Waals surface area contributed by atoms with Crippen LogP contribution in [0.25, 0.3) is 10.8 Å². The van der Waals surface area contributed by atoms with E-state index in [1.165, 1.54) is 0 Å². The first-order valence-electron chi connectivity index (χ1n) is 6.99. The van der Waals surface area contributed by atoms with Crippen LogP contribution in [0.1, 0.15) is 30.9 Å². The van der Waals surface area contributed by atoms with E-state index in [0.29, 0.717) is 6.10 Å². The van der Waals surface area contributed by atoms with Gasteiger partial charge in [-0.2, -0.15) is 0 Å². The van der Waals surface area contributed by atoms with Crippen LogP contribution >= 0.6 is 0 Å². The summed E-state index contributed by atoms with van der Waals surface area (Å²) in [6, 6.07) is 8.07. The highest BCUT2D eigenvalue weighted by Gasteiger charge is 2.44. The van der Waals surface area contributed by atoms with Crippen LogP contribution in [0.4, 0.5) is 0 Å². The van der Waals surface area contributed by atoms with Gasteiger partial charge < -0.3 is 9.84 Å². The Morgan fingerprint density at radius 2 is 2.21 bits per heavy atom. The van der Waals surface area contributed by atoms with Crippen molar-refractivity contribution in [1.82, 2.24) is 4.98 Å². The van der Waals surface area contributed by atoms with Crippen molar-refractivity contribution in [2.75, 3.05) is 0 Å². The van der Waals surface area contributed by atoms with E-state index in [9.17, 15) is 5.11 Å². The number of aromatic nitrogens is 1. The lowest BCUT2D eigenvalue weighted by molar-refractivity contribution is 0.0429. The van der Waals surface area contributed by atoms with E-state index >= 15 is 0 Å². The van der Waals surface area contributed by atoms with Crippen molar-refractivity contribution in [3.05, 3.63) is 42.2 Å². The van der Waals surface area contributed by atoms with E-state index < -0.39 is 6.10 Å². The molecule has 19 heavy (non-hydrogen) atoms. The van der Waals surface area contributed by atoms with Gasteiger partial charge in [-0.25, -0.2) is 0 Å². The van der Waals surface area contributed by atoms with Gasteiger partial charge >= 0.3 is 0 Å². The number of benzene rings is 1. The van der Waals surface area contributed by atoms with Gasteiger partial charge in [-0.05, 0) is 36.3 Å². The van der Waals surface area contributed by atoms with E-state index in [2.05, 4.69) is 11.1 Å². The fourth-order valence-electron chi connectivity index (χ4n) is 3.63. The molecule has 1 N–H and O–H groups in total. The molecule has 1 aromatic heterocycles. The number of aliphatic hydroxyl groups excluding tert-OH is 1. The van der Waals surface area contributed by atoms with Crippen LogP contribution in [0.2, 0.25) is 0 Å². The maximum Gasteiger partial charge on any atom is 0.0850 e. The van der Waals surface area contributed by atoms with Gasteiger partial charge in [0.05, 0.1) is 18.3 Å². The van der Waals surface area contributed by atoms with Crippen LogP contribution in [0, 0.1) is 5.92 Å². The fourth-order valence-corrected chi connectivity index (χ4v) is 3.63. The Morgan fingerprint density at radius 3 is 3.00 bits per heavy atom. The average molecular weight is 255 g/mol. The number of ether oxygens (including phenoxy) is 1. The van der Waals surface area contributed by atoms with Crippen LogP contribution in [0.5, 0.6) is 0 Å². The van der Waals surface area contributed by atoms with Gasteiger partial charge in [0, 0.05) is 23.7 Å². The predicted octanol–water partition coefficient (Wildman–Crippen LogP) is 2.84. The molecular formula is C16H17NO2. The van der Waals surface area contributed by atoms with Gasteiger partial charge in [0.1, 0.15) is 0 Å². The SMILES string of the molecule is OC(c1cccc2ccncc12)C1CC2CCC1O2. The zero-order valence-corrected chi connectivity index (χ0v) is 10.7. The van der Waals surface area contributed by atoms with Gasteiger partial charge in [-0.1, -0.05) is 18.2 Å². The zero-order valence-electron chi connectivity index (χ0n) is 10.7. The molecule has 3 heteroatoms. The van der Waals surface area contributed by atoms with Gasteiger partial charge in [0.2, 0.25) is 0 Å². The van der Waals surface area contributed by atoms with Crippen LogP contribution in [0.15, 0.2) is 36.7 Å². The predicted molar refractivity (Wildman–Crippen MR) is 72.7 cm³/mol. The number of fused-ring (bicyclic) bond motifs is 3. The summed E-state index contributed by atoms with van der Waals surface area (Å²) in [7, 11) is 0. The van der Waals surface area contributed by atoms with Crippen LogP contribution in [-0.4, -0.2) is 22.3 Å². The average Bonchev–Trinajstić information content (AvgIpc) is 3.08. The molecule has 4 rings (SSSR count). The second kappa shape index (κ2) is 4.29. The summed E-state index contributed by atoms with van der Waals surface area (Å²) in [4.78, 5) is 4.19. The standard InChI is InChI=1S/C16H17NO2/c18-16(13-8-11-4-5-15(13)19-11)12-3-1-2-10-6-7-17-9-14(10)12/h1-3,6-7,9,11,13,15-16,18H,4-5,8H2. The van der Waals surface area contributed by atoms with Crippen molar-refractivity contribution in [2.45, 2.75) is 37.6 Å². The molecule has 2 bridgehead atoms. The number of pyridine rings is 1. The van der Waals surface area contributed by atoms with Crippen molar-refractivity contribution < 1.29 is 9.84 Å². The molecule has 0 amide bonds. The van der Waals surface area contributed by atoms with Crippen molar-refractivity contribution in [3.63, 3.8) is 0 Å². The molecule has 2 aromatic rings. The monoisotopic (exact) mass is 255 g/mol. The first-order valence-corrected chi connectivity index (χ1v) is 6.99. The molecule has 0 radical (unpaired) electrons. The second-order valence-electron chi connectivity index (χ2n) is 5.66. The molecule has 2 fully saturated rings. The fraction of sp³-hybridized carbons (Fsp3) is 0.438. The van der Waals surface area contributed by atoms with Crippen molar-refractivity contribution in [2.24, 2.45) is 5.92 Å². The highest BCUT2D eigenvalue weighted by molar-refractivity contribution is 5.85. The summed E-state index contributed by atoms with van der Waals surface area (Å²) < 4.78 is 5.86. The minimum absolute atomic E-state index is 0.240. The number of nitrogens with zero attached hydrogens (tertiary/aromatic N) is 1.